The maximum absolute atomic E-state index is 12.4. The summed E-state index contributed by atoms with van der Waals surface area (Å²) in [6, 6.07) is 9.93. The number of anilines is 1. The molecule has 0 saturated heterocycles. The highest BCUT2D eigenvalue weighted by molar-refractivity contribution is 8.02. The van der Waals surface area contributed by atoms with Crippen molar-refractivity contribution in [3.8, 4) is 0 Å². The van der Waals surface area contributed by atoms with Gasteiger partial charge in [-0.2, -0.15) is 0 Å². The van der Waals surface area contributed by atoms with E-state index in [0.717, 1.165) is 28.0 Å². The average molecular weight is 365 g/mol. The van der Waals surface area contributed by atoms with E-state index >= 15 is 0 Å². The van der Waals surface area contributed by atoms with Crippen LogP contribution < -0.4 is 10.6 Å². The van der Waals surface area contributed by atoms with Gasteiger partial charge in [-0.05, 0) is 17.9 Å². The van der Waals surface area contributed by atoms with E-state index in [4.69, 9.17) is 0 Å². The van der Waals surface area contributed by atoms with Gasteiger partial charge in [0.25, 0.3) is 0 Å². The van der Waals surface area contributed by atoms with Crippen molar-refractivity contribution in [2.75, 3.05) is 11.9 Å². The number of rotatable bonds is 9. The Labute approximate surface area is 151 Å². The number of amides is 1. The second-order valence-electron chi connectivity index (χ2n) is 5.87. The summed E-state index contributed by atoms with van der Waals surface area (Å²) in [6.07, 6.45) is 0.750. The molecule has 0 saturated carbocycles. The summed E-state index contributed by atoms with van der Waals surface area (Å²) >= 11 is 2.98. The maximum atomic E-state index is 12.4. The first-order chi connectivity index (χ1) is 11.6. The molecule has 0 aliphatic carbocycles. The van der Waals surface area contributed by atoms with Crippen molar-refractivity contribution in [1.29, 1.82) is 0 Å². The third-order valence-electron chi connectivity index (χ3n) is 3.28. The lowest BCUT2D eigenvalue weighted by Gasteiger charge is -2.13. The van der Waals surface area contributed by atoms with E-state index in [1.165, 1.54) is 23.1 Å². The fraction of sp³-hybridized carbons (Fsp3) is 0.471. The summed E-state index contributed by atoms with van der Waals surface area (Å²) in [5, 5.41) is 15.2. The Hall–Kier alpha value is -1.60. The minimum atomic E-state index is -0.153. The highest BCUT2D eigenvalue weighted by Gasteiger charge is 2.20. The van der Waals surface area contributed by atoms with Crippen LogP contribution in [0.25, 0.3) is 0 Å². The fourth-order valence-corrected chi connectivity index (χ4v) is 3.91. The van der Waals surface area contributed by atoms with Gasteiger partial charge in [-0.1, -0.05) is 74.2 Å². The molecule has 0 radical (unpaired) electrons. The second kappa shape index (κ2) is 9.64. The first-order valence-corrected chi connectivity index (χ1v) is 9.83. The van der Waals surface area contributed by atoms with Gasteiger partial charge >= 0.3 is 0 Å². The normalized spacial score (nSPS) is 12.2. The molecular weight excluding hydrogens is 340 g/mol. The summed E-state index contributed by atoms with van der Waals surface area (Å²) in [6.45, 7) is 7.72. The zero-order chi connectivity index (χ0) is 17.4. The van der Waals surface area contributed by atoms with Crippen LogP contribution in [-0.2, 0) is 11.3 Å². The Balaban J connectivity index is 1.85. The number of hydrogen-bond acceptors (Lipinski definition) is 6. The molecule has 1 aromatic carbocycles. The molecule has 24 heavy (non-hydrogen) atoms. The van der Waals surface area contributed by atoms with Crippen LogP contribution in [0.15, 0.2) is 34.7 Å². The van der Waals surface area contributed by atoms with Crippen molar-refractivity contribution in [3.63, 3.8) is 0 Å². The second-order valence-corrected chi connectivity index (χ2v) is 8.29. The van der Waals surface area contributed by atoms with Crippen molar-refractivity contribution >= 4 is 34.1 Å². The van der Waals surface area contributed by atoms with E-state index in [-0.39, 0.29) is 11.2 Å². The van der Waals surface area contributed by atoms with E-state index in [0.29, 0.717) is 12.5 Å². The van der Waals surface area contributed by atoms with Crippen LogP contribution in [0.2, 0.25) is 0 Å². The summed E-state index contributed by atoms with van der Waals surface area (Å²) in [7, 11) is 0. The predicted molar refractivity (Wildman–Crippen MR) is 101 cm³/mol. The van der Waals surface area contributed by atoms with Gasteiger partial charge in [-0.15, -0.1) is 10.2 Å². The summed E-state index contributed by atoms with van der Waals surface area (Å²) in [4.78, 5) is 12.4. The summed E-state index contributed by atoms with van der Waals surface area (Å²) in [5.41, 5.74) is 1.10. The number of carbonyl (C=O) groups excluding carboxylic acids is 1. The molecule has 0 fully saturated rings. The third-order valence-corrected chi connectivity index (χ3v) is 5.61. The number of nitrogens with one attached hydrogen (secondary N) is 2. The number of hydrogen-bond donors (Lipinski definition) is 2. The van der Waals surface area contributed by atoms with Crippen molar-refractivity contribution in [1.82, 2.24) is 15.5 Å². The van der Waals surface area contributed by atoms with Crippen LogP contribution in [0, 0.1) is 5.92 Å². The Kier molecular flexibility index (Phi) is 7.52. The molecule has 7 heteroatoms. The molecule has 130 valence electrons. The first-order valence-electron chi connectivity index (χ1n) is 8.14. The first kappa shape index (κ1) is 18.7. The molecule has 2 N–H and O–H groups in total. The van der Waals surface area contributed by atoms with E-state index in [2.05, 4.69) is 34.7 Å². The molecular formula is C17H24N4OS2. The Bertz CT molecular complexity index is 631. The van der Waals surface area contributed by atoms with Crippen LogP contribution in [0.1, 0.15) is 32.8 Å². The van der Waals surface area contributed by atoms with Crippen molar-refractivity contribution in [2.45, 2.75) is 43.3 Å². The van der Waals surface area contributed by atoms with Gasteiger partial charge in [-0.25, -0.2) is 0 Å². The standard InChI is InChI=1S/C17H24N4OS2/c1-4-14(15(22)18-11-13-8-6-5-7-9-13)23-17-21-20-16(24-17)19-10-12(2)3/h5-9,12,14H,4,10-11H2,1-3H3,(H,18,22)(H,19,20)/t14-/m1/s1. The molecule has 0 unspecified atom stereocenters. The monoisotopic (exact) mass is 364 g/mol. The fourth-order valence-electron chi connectivity index (χ4n) is 1.96. The largest absolute Gasteiger partial charge is 0.360 e. The zero-order valence-electron chi connectivity index (χ0n) is 14.3. The van der Waals surface area contributed by atoms with Crippen molar-refractivity contribution in [3.05, 3.63) is 35.9 Å². The quantitative estimate of drug-likeness (QED) is 0.663. The molecule has 0 bridgehead atoms. The lowest BCUT2D eigenvalue weighted by Crippen LogP contribution is -2.31. The molecule has 2 aromatic rings. The maximum Gasteiger partial charge on any atom is 0.233 e. The lowest BCUT2D eigenvalue weighted by molar-refractivity contribution is -0.120. The van der Waals surface area contributed by atoms with E-state index in [1.807, 2.05) is 37.3 Å². The van der Waals surface area contributed by atoms with Gasteiger partial charge in [0.1, 0.15) is 0 Å². The topological polar surface area (TPSA) is 66.9 Å². The minimum absolute atomic E-state index is 0.0400. The average Bonchev–Trinajstić information content (AvgIpc) is 3.04. The number of benzene rings is 1. The molecule has 1 atom stereocenters. The SMILES string of the molecule is CC[C@@H](Sc1nnc(NCC(C)C)s1)C(=O)NCc1ccccc1. The zero-order valence-corrected chi connectivity index (χ0v) is 15.9. The molecule has 1 heterocycles. The smallest absolute Gasteiger partial charge is 0.233 e. The van der Waals surface area contributed by atoms with Crippen LogP contribution in [0.5, 0.6) is 0 Å². The Morgan fingerprint density at radius 2 is 2.00 bits per heavy atom. The molecule has 0 aliphatic heterocycles. The highest BCUT2D eigenvalue weighted by Crippen LogP contribution is 2.30. The van der Waals surface area contributed by atoms with Gasteiger partial charge in [0, 0.05) is 13.1 Å². The van der Waals surface area contributed by atoms with Gasteiger partial charge < -0.3 is 10.6 Å². The third kappa shape index (κ3) is 6.13. The van der Waals surface area contributed by atoms with Crippen LogP contribution in [0.4, 0.5) is 5.13 Å². The summed E-state index contributed by atoms with van der Waals surface area (Å²) < 4.78 is 0.822. The highest BCUT2D eigenvalue weighted by atomic mass is 32.2. The minimum Gasteiger partial charge on any atom is -0.360 e. The van der Waals surface area contributed by atoms with E-state index < -0.39 is 0 Å². The van der Waals surface area contributed by atoms with E-state index in [1.54, 1.807) is 0 Å². The summed E-state index contributed by atoms with van der Waals surface area (Å²) in [5.74, 6) is 0.593. The molecule has 5 nitrogen and oxygen atoms in total. The van der Waals surface area contributed by atoms with Gasteiger partial charge in [0.15, 0.2) is 4.34 Å². The molecule has 0 aliphatic rings. The number of thioether (sulfide) groups is 1. The molecule has 2 rings (SSSR count). The van der Waals surface area contributed by atoms with Crippen molar-refractivity contribution < 1.29 is 4.79 Å². The van der Waals surface area contributed by atoms with Crippen LogP contribution in [0.3, 0.4) is 0 Å². The number of carbonyl (C=O) groups is 1. The van der Waals surface area contributed by atoms with Gasteiger partial charge in [0.2, 0.25) is 11.0 Å². The predicted octanol–water partition coefficient (Wildman–Crippen LogP) is 3.79. The molecule has 0 spiro atoms. The van der Waals surface area contributed by atoms with Crippen LogP contribution in [-0.4, -0.2) is 27.9 Å². The number of nitrogens with zero attached hydrogens (tertiary/aromatic N) is 2. The Morgan fingerprint density at radius 1 is 1.25 bits per heavy atom. The van der Waals surface area contributed by atoms with Crippen LogP contribution >= 0.6 is 23.1 Å². The molecule has 1 amide bonds. The van der Waals surface area contributed by atoms with Crippen molar-refractivity contribution in [2.24, 2.45) is 5.92 Å². The van der Waals surface area contributed by atoms with Gasteiger partial charge in [0.05, 0.1) is 5.25 Å². The van der Waals surface area contributed by atoms with Gasteiger partial charge in [-0.3, -0.25) is 4.79 Å². The lowest BCUT2D eigenvalue weighted by atomic mass is 10.2. The Morgan fingerprint density at radius 3 is 2.67 bits per heavy atom. The molecule has 1 aromatic heterocycles. The number of aromatic nitrogens is 2. The van der Waals surface area contributed by atoms with E-state index in [9.17, 15) is 4.79 Å².